The summed E-state index contributed by atoms with van der Waals surface area (Å²) < 4.78 is 4.00. The van der Waals surface area contributed by atoms with E-state index in [9.17, 15) is 0 Å². The molecule has 3 aromatic heterocycles. The Morgan fingerprint density at radius 3 is 2.86 bits per heavy atom. The van der Waals surface area contributed by atoms with Gasteiger partial charge in [-0.15, -0.1) is 21.8 Å². The predicted octanol–water partition coefficient (Wildman–Crippen LogP) is 2.41. The van der Waals surface area contributed by atoms with Crippen molar-refractivity contribution in [3.05, 3.63) is 35.8 Å². The van der Waals surface area contributed by atoms with E-state index in [1.165, 1.54) is 0 Å². The summed E-state index contributed by atoms with van der Waals surface area (Å²) in [5, 5.41) is 7.85. The summed E-state index contributed by atoms with van der Waals surface area (Å²) in [6.07, 6.45) is 4.27. The van der Waals surface area contributed by atoms with Crippen LogP contribution in [-0.4, -0.2) is 29.3 Å². The molecule has 0 radical (unpaired) electrons. The Morgan fingerprint density at radius 1 is 1.38 bits per heavy atom. The number of pyridine rings is 1. The average molecular weight is 305 g/mol. The average Bonchev–Trinajstić information content (AvgIpc) is 3.01. The van der Waals surface area contributed by atoms with Crippen molar-refractivity contribution in [3.63, 3.8) is 0 Å². The number of nitrogens with zero attached hydrogens (tertiary/aromatic N) is 6. The minimum absolute atomic E-state index is 0.168. The number of aromatic nitrogens is 6. The Balaban J connectivity index is 2.01. The molecule has 0 spiro atoms. The highest BCUT2D eigenvalue weighted by Crippen LogP contribution is 2.25. The van der Waals surface area contributed by atoms with Crippen molar-refractivity contribution in [2.24, 2.45) is 7.05 Å². The van der Waals surface area contributed by atoms with E-state index < -0.39 is 0 Å². The normalized spacial score (nSPS) is 13.0. The molecule has 0 saturated carbocycles. The highest BCUT2D eigenvalue weighted by atomic mass is 35.5. The molecule has 0 aliphatic heterocycles. The van der Waals surface area contributed by atoms with Crippen LogP contribution in [0, 0.1) is 6.92 Å². The second-order valence-corrected chi connectivity index (χ2v) is 5.80. The lowest BCUT2D eigenvalue weighted by Crippen LogP contribution is -2.10. The number of rotatable bonds is 4. The molecule has 1 atom stereocenters. The third-order valence-electron chi connectivity index (χ3n) is 3.59. The van der Waals surface area contributed by atoms with Gasteiger partial charge in [0.05, 0.1) is 5.38 Å². The standard InChI is InChI=1S/C14H17ClN6/c1-9-4-6-16-14-12(9)18-13(10(2)15)21(14)7-5-11-19-17-8-20(11)3/h4,6,8,10H,5,7H2,1-3H3. The third kappa shape index (κ3) is 2.51. The van der Waals surface area contributed by atoms with Gasteiger partial charge in [0.1, 0.15) is 23.5 Å². The van der Waals surface area contributed by atoms with E-state index in [4.69, 9.17) is 11.6 Å². The Kier molecular flexibility index (Phi) is 3.63. The second-order valence-electron chi connectivity index (χ2n) is 5.15. The lowest BCUT2D eigenvalue weighted by Gasteiger charge is -2.09. The number of hydrogen-bond acceptors (Lipinski definition) is 4. The van der Waals surface area contributed by atoms with Crippen LogP contribution in [0.15, 0.2) is 18.6 Å². The van der Waals surface area contributed by atoms with Gasteiger partial charge in [-0.1, -0.05) is 0 Å². The zero-order valence-corrected chi connectivity index (χ0v) is 13.0. The lowest BCUT2D eigenvalue weighted by atomic mass is 10.3. The van der Waals surface area contributed by atoms with Crippen molar-refractivity contribution in [2.75, 3.05) is 0 Å². The first-order valence-corrected chi connectivity index (χ1v) is 7.30. The quantitative estimate of drug-likeness (QED) is 0.694. The van der Waals surface area contributed by atoms with Crippen LogP contribution in [0.1, 0.15) is 29.5 Å². The maximum atomic E-state index is 6.28. The number of halogens is 1. The molecular formula is C14H17ClN6. The van der Waals surface area contributed by atoms with Crippen molar-refractivity contribution < 1.29 is 0 Å². The summed E-state index contributed by atoms with van der Waals surface area (Å²) in [6.45, 7) is 4.69. The Hall–Kier alpha value is -1.95. The first kappa shape index (κ1) is 14.0. The van der Waals surface area contributed by atoms with E-state index in [1.54, 1.807) is 12.5 Å². The Bertz CT molecular complexity index is 773. The van der Waals surface area contributed by atoms with Crippen LogP contribution < -0.4 is 0 Å². The maximum absolute atomic E-state index is 6.28. The first-order chi connectivity index (χ1) is 10.1. The van der Waals surface area contributed by atoms with Crippen LogP contribution in [0.2, 0.25) is 0 Å². The molecule has 110 valence electrons. The van der Waals surface area contributed by atoms with Crippen LogP contribution in [-0.2, 0) is 20.0 Å². The fourth-order valence-electron chi connectivity index (χ4n) is 2.42. The van der Waals surface area contributed by atoms with Gasteiger partial charge in [0, 0.05) is 26.2 Å². The van der Waals surface area contributed by atoms with E-state index in [-0.39, 0.29) is 5.38 Å². The molecule has 21 heavy (non-hydrogen) atoms. The topological polar surface area (TPSA) is 61.4 Å². The SMILES string of the molecule is Cc1ccnc2c1nc(C(C)Cl)n2CCc1nncn1C. The number of fused-ring (bicyclic) bond motifs is 1. The fraction of sp³-hybridized carbons (Fsp3) is 0.429. The van der Waals surface area contributed by atoms with Crippen LogP contribution in [0.25, 0.3) is 11.2 Å². The molecule has 1 unspecified atom stereocenters. The van der Waals surface area contributed by atoms with Gasteiger partial charge in [-0.3, -0.25) is 0 Å². The van der Waals surface area contributed by atoms with Gasteiger partial charge < -0.3 is 9.13 Å². The highest BCUT2D eigenvalue weighted by Gasteiger charge is 2.17. The van der Waals surface area contributed by atoms with Gasteiger partial charge in [0.15, 0.2) is 5.65 Å². The lowest BCUT2D eigenvalue weighted by molar-refractivity contribution is 0.629. The van der Waals surface area contributed by atoms with Crippen molar-refractivity contribution in [2.45, 2.75) is 32.2 Å². The maximum Gasteiger partial charge on any atom is 0.160 e. The monoisotopic (exact) mass is 304 g/mol. The molecule has 3 rings (SSSR count). The van der Waals surface area contributed by atoms with E-state index in [0.717, 1.165) is 41.3 Å². The molecule has 6 nitrogen and oxygen atoms in total. The van der Waals surface area contributed by atoms with Gasteiger partial charge in [0.25, 0.3) is 0 Å². The van der Waals surface area contributed by atoms with E-state index in [1.807, 2.05) is 31.5 Å². The molecule has 7 heteroatoms. The molecule has 0 fully saturated rings. The van der Waals surface area contributed by atoms with Crippen LogP contribution in [0.5, 0.6) is 0 Å². The van der Waals surface area contributed by atoms with Crippen molar-refractivity contribution in [1.82, 2.24) is 29.3 Å². The van der Waals surface area contributed by atoms with E-state index in [2.05, 4.69) is 24.7 Å². The van der Waals surface area contributed by atoms with E-state index >= 15 is 0 Å². The summed E-state index contributed by atoms with van der Waals surface area (Å²) in [5.74, 6) is 1.77. The summed E-state index contributed by atoms with van der Waals surface area (Å²) in [7, 11) is 1.94. The Labute approximate surface area is 127 Å². The van der Waals surface area contributed by atoms with Crippen LogP contribution in [0.4, 0.5) is 0 Å². The summed E-state index contributed by atoms with van der Waals surface area (Å²) in [4.78, 5) is 9.13. The second kappa shape index (κ2) is 5.44. The van der Waals surface area contributed by atoms with Gasteiger partial charge in [-0.2, -0.15) is 0 Å². The predicted molar refractivity (Wildman–Crippen MR) is 81.2 cm³/mol. The molecule has 0 amide bonds. The molecule has 0 N–H and O–H groups in total. The molecule has 3 aromatic rings. The molecular weight excluding hydrogens is 288 g/mol. The van der Waals surface area contributed by atoms with Gasteiger partial charge >= 0.3 is 0 Å². The largest absolute Gasteiger partial charge is 0.321 e. The zero-order valence-electron chi connectivity index (χ0n) is 12.3. The molecule has 0 aliphatic carbocycles. The van der Waals surface area contributed by atoms with Crippen molar-refractivity contribution in [3.8, 4) is 0 Å². The molecule has 0 aromatic carbocycles. The fourth-order valence-corrected chi connectivity index (χ4v) is 2.59. The number of hydrogen-bond donors (Lipinski definition) is 0. The van der Waals surface area contributed by atoms with Crippen molar-refractivity contribution in [1.29, 1.82) is 0 Å². The Morgan fingerprint density at radius 2 is 2.19 bits per heavy atom. The first-order valence-electron chi connectivity index (χ1n) is 6.86. The van der Waals surface area contributed by atoms with Crippen molar-refractivity contribution >= 4 is 22.8 Å². The summed E-state index contributed by atoms with van der Waals surface area (Å²) in [5.41, 5.74) is 2.90. The summed E-state index contributed by atoms with van der Waals surface area (Å²) in [6, 6.07) is 1.96. The highest BCUT2D eigenvalue weighted by molar-refractivity contribution is 6.20. The van der Waals surface area contributed by atoms with Gasteiger partial charge in [-0.05, 0) is 25.5 Å². The number of aryl methyl sites for hydroxylation is 4. The van der Waals surface area contributed by atoms with Gasteiger partial charge in [0.2, 0.25) is 0 Å². The minimum Gasteiger partial charge on any atom is -0.321 e. The van der Waals surface area contributed by atoms with E-state index in [0.29, 0.717) is 0 Å². The molecule has 0 saturated heterocycles. The minimum atomic E-state index is -0.168. The zero-order chi connectivity index (χ0) is 15.0. The molecule has 0 bridgehead atoms. The molecule has 0 aliphatic rings. The number of alkyl halides is 1. The van der Waals surface area contributed by atoms with Gasteiger partial charge in [-0.25, -0.2) is 9.97 Å². The number of imidazole rings is 1. The third-order valence-corrected chi connectivity index (χ3v) is 3.78. The molecule has 3 heterocycles. The summed E-state index contributed by atoms with van der Waals surface area (Å²) >= 11 is 6.28. The smallest absolute Gasteiger partial charge is 0.160 e. The van der Waals surface area contributed by atoms with Crippen LogP contribution in [0.3, 0.4) is 0 Å². The van der Waals surface area contributed by atoms with Crippen LogP contribution >= 0.6 is 11.6 Å².